The van der Waals surface area contributed by atoms with Crippen molar-refractivity contribution in [3.05, 3.63) is 40.9 Å². The number of carbonyl (C=O) groups is 1. The average molecular weight is 342 g/mol. The molecule has 126 valence electrons. The summed E-state index contributed by atoms with van der Waals surface area (Å²) < 4.78 is 0. The van der Waals surface area contributed by atoms with Crippen molar-refractivity contribution in [3.63, 3.8) is 0 Å². The molecule has 4 rings (SSSR count). The molecule has 2 aromatic rings. The highest BCUT2D eigenvalue weighted by Gasteiger charge is 2.39. The standard InChI is InChI=1S/C19H22N2O2S/c1-12-8-16-6-7-17(9-12)21(16)10-15-11-24-18(20-15)13-2-4-14(5-3-13)19(22)23/h2-5,11-12,16-17H,6-10H2,1H3,(H,22,23). The molecule has 2 unspecified atom stereocenters. The smallest absolute Gasteiger partial charge is 0.335 e. The molecule has 2 saturated heterocycles. The number of aromatic carboxylic acids is 1. The Hall–Kier alpha value is -1.72. The second kappa shape index (κ2) is 6.30. The van der Waals surface area contributed by atoms with Crippen LogP contribution in [0.2, 0.25) is 0 Å². The topological polar surface area (TPSA) is 53.4 Å². The fraction of sp³-hybridized carbons (Fsp3) is 0.474. The van der Waals surface area contributed by atoms with Gasteiger partial charge in [0.25, 0.3) is 0 Å². The number of hydrogen-bond donors (Lipinski definition) is 1. The van der Waals surface area contributed by atoms with E-state index < -0.39 is 5.97 Å². The van der Waals surface area contributed by atoms with Crippen LogP contribution in [0.5, 0.6) is 0 Å². The van der Waals surface area contributed by atoms with Crippen LogP contribution >= 0.6 is 11.3 Å². The zero-order valence-corrected chi connectivity index (χ0v) is 14.6. The van der Waals surface area contributed by atoms with E-state index in [1.807, 2.05) is 12.1 Å². The maximum atomic E-state index is 10.9. The van der Waals surface area contributed by atoms with Gasteiger partial charge in [0.05, 0.1) is 11.3 Å². The monoisotopic (exact) mass is 342 g/mol. The molecule has 2 aliphatic rings. The number of carboxylic acids is 1. The predicted molar refractivity (Wildman–Crippen MR) is 95.3 cm³/mol. The molecule has 2 bridgehead atoms. The van der Waals surface area contributed by atoms with Gasteiger partial charge in [-0.25, -0.2) is 9.78 Å². The first-order valence-corrected chi connectivity index (χ1v) is 9.52. The molecule has 1 aromatic carbocycles. The van der Waals surface area contributed by atoms with Gasteiger partial charge >= 0.3 is 5.97 Å². The van der Waals surface area contributed by atoms with Gasteiger partial charge in [-0.15, -0.1) is 11.3 Å². The number of aromatic nitrogens is 1. The van der Waals surface area contributed by atoms with Crippen LogP contribution in [-0.4, -0.2) is 33.0 Å². The molecule has 0 amide bonds. The van der Waals surface area contributed by atoms with E-state index in [0.29, 0.717) is 5.56 Å². The highest BCUT2D eigenvalue weighted by Crippen LogP contribution is 2.39. The second-order valence-electron chi connectivity index (χ2n) is 7.16. The third-order valence-corrected chi connectivity index (χ3v) is 6.34. The largest absolute Gasteiger partial charge is 0.478 e. The second-order valence-corrected chi connectivity index (χ2v) is 8.02. The lowest BCUT2D eigenvalue weighted by Crippen LogP contribution is -2.41. The van der Waals surface area contributed by atoms with Gasteiger partial charge in [0, 0.05) is 29.6 Å². The van der Waals surface area contributed by atoms with E-state index >= 15 is 0 Å². The van der Waals surface area contributed by atoms with Gasteiger partial charge in [-0.05, 0) is 43.7 Å². The molecule has 0 spiro atoms. The van der Waals surface area contributed by atoms with Crippen molar-refractivity contribution in [1.82, 2.24) is 9.88 Å². The SMILES string of the molecule is CC1CC2CCC(C1)N2Cc1csc(-c2ccc(C(=O)O)cc2)n1. The predicted octanol–water partition coefficient (Wildman–Crippen LogP) is 4.27. The van der Waals surface area contributed by atoms with Crippen LogP contribution < -0.4 is 0 Å². The average Bonchev–Trinajstić information content (AvgIpc) is 3.12. The number of carboxylic acid groups (broad SMARTS) is 1. The molecule has 2 aliphatic heterocycles. The first kappa shape index (κ1) is 15.8. The Labute approximate surface area is 146 Å². The molecule has 24 heavy (non-hydrogen) atoms. The summed E-state index contributed by atoms with van der Waals surface area (Å²) in [6.45, 7) is 3.33. The molecule has 5 heteroatoms. The van der Waals surface area contributed by atoms with E-state index in [-0.39, 0.29) is 0 Å². The Bertz CT molecular complexity index is 726. The van der Waals surface area contributed by atoms with E-state index in [1.165, 1.54) is 25.7 Å². The van der Waals surface area contributed by atoms with Crippen molar-refractivity contribution >= 4 is 17.3 Å². The first-order chi connectivity index (χ1) is 11.6. The molecule has 2 atom stereocenters. The van der Waals surface area contributed by atoms with Gasteiger partial charge in [0.1, 0.15) is 5.01 Å². The maximum Gasteiger partial charge on any atom is 0.335 e. The summed E-state index contributed by atoms with van der Waals surface area (Å²) in [7, 11) is 0. The lowest BCUT2D eigenvalue weighted by atomic mass is 9.92. The number of nitrogens with zero attached hydrogens (tertiary/aromatic N) is 2. The van der Waals surface area contributed by atoms with Crippen molar-refractivity contribution < 1.29 is 9.90 Å². The van der Waals surface area contributed by atoms with Crippen LogP contribution in [0.4, 0.5) is 0 Å². The molecular weight excluding hydrogens is 320 g/mol. The molecular formula is C19H22N2O2S. The Morgan fingerprint density at radius 2 is 1.92 bits per heavy atom. The van der Waals surface area contributed by atoms with E-state index in [9.17, 15) is 4.79 Å². The lowest BCUT2D eigenvalue weighted by molar-refractivity contribution is 0.0697. The number of piperidine rings is 1. The van der Waals surface area contributed by atoms with E-state index in [0.717, 1.165) is 40.8 Å². The molecule has 0 radical (unpaired) electrons. The number of rotatable bonds is 4. The van der Waals surface area contributed by atoms with Crippen LogP contribution in [0.25, 0.3) is 10.6 Å². The normalized spacial score (nSPS) is 26.6. The lowest BCUT2D eigenvalue weighted by Gasteiger charge is -2.37. The van der Waals surface area contributed by atoms with Crippen LogP contribution in [0, 0.1) is 5.92 Å². The number of benzene rings is 1. The van der Waals surface area contributed by atoms with Crippen LogP contribution in [0.1, 0.15) is 48.7 Å². The third kappa shape index (κ3) is 2.98. The molecule has 0 aliphatic carbocycles. The first-order valence-electron chi connectivity index (χ1n) is 8.64. The summed E-state index contributed by atoms with van der Waals surface area (Å²) in [6, 6.07) is 8.45. The molecule has 1 aromatic heterocycles. The highest BCUT2D eigenvalue weighted by molar-refractivity contribution is 7.13. The summed E-state index contributed by atoms with van der Waals surface area (Å²) in [4.78, 5) is 18.4. The van der Waals surface area contributed by atoms with Crippen LogP contribution in [0.3, 0.4) is 0 Å². The summed E-state index contributed by atoms with van der Waals surface area (Å²) in [5.74, 6) is -0.0336. The van der Waals surface area contributed by atoms with Gasteiger partial charge in [-0.3, -0.25) is 4.90 Å². The quantitative estimate of drug-likeness (QED) is 0.901. The zero-order chi connectivity index (χ0) is 16.7. The van der Waals surface area contributed by atoms with Gasteiger partial charge < -0.3 is 5.11 Å². The Morgan fingerprint density at radius 1 is 1.25 bits per heavy atom. The minimum absolute atomic E-state index is 0.314. The summed E-state index contributed by atoms with van der Waals surface area (Å²) in [5.41, 5.74) is 2.45. The number of fused-ring (bicyclic) bond motifs is 2. The van der Waals surface area contributed by atoms with Crippen molar-refractivity contribution in [2.75, 3.05) is 0 Å². The zero-order valence-electron chi connectivity index (χ0n) is 13.8. The molecule has 0 saturated carbocycles. The number of hydrogen-bond acceptors (Lipinski definition) is 4. The summed E-state index contributed by atoms with van der Waals surface area (Å²) in [6.07, 6.45) is 5.32. The molecule has 3 heterocycles. The van der Waals surface area contributed by atoms with Crippen LogP contribution in [0.15, 0.2) is 29.6 Å². The highest BCUT2D eigenvalue weighted by atomic mass is 32.1. The summed E-state index contributed by atoms with van der Waals surface area (Å²) in [5, 5.41) is 12.1. The van der Waals surface area contributed by atoms with Gasteiger partial charge in [0.15, 0.2) is 0 Å². The van der Waals surface area contributed by atoms with Crippen molar-refractivity contribution in [1.29, 1.82) is 0 Å². The molecule has 2 fully saturated rings. The van der Waals surface area contributed by atoms with Crippen molar-refractivity contribution in [2.24, 2.45) is 5.92 Å². The fourth-order valence-electron chi connectivity index (χ4n) is 4.26. The molecule has 4 nitrogen and oxygen atoms in total. The number of thiazole rings is 1. The summed E-state index contributed by atoms with van der Waals surface area (Å²) >= 11 is 1.64. The van der Waals surface area contributed by atoms with Crippen molar-refractivity contribution in [3.8, 4) is 10.6 Å². The van der Waals surface area contributed by atoms with Crippen LogP contribution in [-0.2, 0) is 6.54 Å². The Balaban J connectivity index is 1.48. The maximum absolute atomic E-state index is 10.9. The van der Waals surface area contributed by atoms with Gasteiger partial charge in [0.2, 0.25) is 0 Å². The minimum Gasteiger partial charge on any atom is -0.478 e. The molecule has 1 N–H and O–H groups in total. The fourth-order valence-corrected chi connectivity index (χ4v) is 5.08. The van der Waals surface area contributed by atoms with E-state index in [2.05, 4.69) is 17.2 Å². The van der Waals surface area contributed by atoms with E-state index in [4.69, 9.17) is 10.1 Å². The Morgan fingerprint density at radius 3 is 2.54 bits per heavy atom. The third-order valence-electron chi connectivity index (χ3n) is 5.40. The Kier molecular flexibility index (Phi) is 4.14. The van der Waals surface area contributed by atoms with Gasteiger partial charge in [-0.2, -0.15) is 0 Å². The van der Waals surface area contributed by atoms with E-state index in [1.54, 1.807) is 23.5 Å². The minimum atomic E-state index is -0.892. The van der Waals surface area contributed by atoms with Crippen molar-refractivity contribution in [2.45, 2.75) is 51.2 Å². The van der Waals surface area contributed by atoms with Gasteiger partial charge in [-0.1, -0.05) is 19.1 Å².